The van der Waals surface area contributed by atoms with Gasteiger partial charge in [-0.25, -0.2) is 0 Å². The van der Waals surface area contributed by atoms with Gasteiger partial charge in [-0.3, -0.25) is 4.79 Å². The predicted molar refractivity (Wildman–Crippen MR) is 72.0 cm³/mol. The largest absolute Gasteiger partial charge is 0.343 e. The first-order valence-electron chi connectivity index (χ1n) is 7.72. The van der Waals surface area contributed by atoms with Crippen molar-refractivity contribution in [2.75, 3.05) is 13.1 Å². The van der Waals surface area contributed by atoms with E-state index in [0.29, 0.717) is 23.7 Å². The molecule has 1 saturated heterocycles. The smallest absolute Gasteiger partial charge is 0.224 e. The molecule has 18 heavy (non-hydrogen) atoms. The van der Waals surface area contributed by atoms with Gasteiger partial charge in [0.15, 0.2) is 0 Å². The van der Waals surface area contributed by atoms with E-state index in [9.17, 15) is 4.79 Å². The second-order valence-electron chi connectivity index (χ2n) is 6.79. The SMILES string of the molecule is NC(CC(=O)N1CCC2(CCCC2)CC1)C1CC1. The lowest BCUT2D eigenvalue weighted by molar-refractivity contribution is -0.134. The molecule has 1 amide bonds. The summed E-state index contributed by atoms with van der Waals surface area (Å²) in [7, 11) is 0. The molecule has 3 fully saturated rings. The first-order valence-corrected chi connectivity index (χ1v) is 7.72. The van der Waals surface area contributed by atoms with E-state index in [1.54, 1.807) is 0 Å². The first kappa shape index (κ1) is 12.5. The molecule has 3 nitrogen and oxygen atoms in total. The average molecular weight is 250 g/mol. The first-order chi connectivity index (χ1) is 8.69. The lowest BCUT2D eigenvalue weighted by Gasteiger charge is -2.39. The minimum atomic E-state index is 0.125. The summed E-state index contributed by atoms with van der Waals surface area (Å²) in [6.45, 7) is 1.96. The molecule has 1 atom stereocenters. The molecule has 0 bridgehead atoms. The van der Waals surface area contributed by atoms with Crippen LogP contribution in [0.4, 0.5) is 0 Å². The van der Waals surface area contributed by atoms with Gasteiger partial charge in [0.05, 0.1) is 0 Å². The van der Waals surface area contributed by atoms with Crippen LogP contribution in [0.2, 0.25) is 0 Å². The Morgan fingerprint density at radius 3 is 2.33 bits per heavy atom. The number of nitrogens with zero attached hydrogens (tertiary/aromatic N) is 1. The van der Waals surface area contributed by atoms with Gasteiger partial charge in [0, 0.05) is 25.6 Å². The molecular weight excluding hydrogens is 224 g/mol. The number of likely N-dealkylation sites (tertiary alicyclic amines) is 1. The van der Waals surface area contributed by atoms with Gasteiger partial charge in [-0.2, -0.15) is 0 Å². The molecule has 0 radical (unpaired) electrons. The van der Waals surface area contributed by atoms with E-state index < -0.39 is 0 Å². The molecule has 0 aromatic rings. The van der Waals surface area contributed by atoms with Crippen molar-refractivity contribution in [1.82, 2.24) is 4.90 Å². The van der Waals surface area contributed by atoms with Crippen molar-refractivity contribution in [1.29, 1.82) is 0 Å². The Balaban J connectivity index is 1.47. The molecule has 2 saturated carbocycles. The van der Waals surface area contributed by atoms with Crippen molar-refractivity contribution in [3.63, 3.8) is 0 Å². The highest BCUT2D eigenvalue weighted by atomic mass is 16.2. The van der Waals surface area contributed by atoms with Gasteiger partial charge < -0.3 is 10.6 Å². The topological polar surface area (TPSA) is 46.3 Å². The van der Waals surface area contributed by atoms with Gasteiger partial charge >= 0.3 is 0 Å². The van der Waals surface area contributed by atoms with Crippen LogP contribution in [0.3, 0.4) is 0 Å². The number of carbonyl (C=O) groups excluding carboxylic acids is 1. The minimum absolute atomic E-state index is 0.125. The van der Waals surface area contributed by atoms with Crippen LogP contribution in [0.25, 0.3) is 0 Å². The van der Waals surface area contributed by atoms with Gasteiger partial charge in [-0.05, 0) is 49.9 Å². The molecule has 2 aliphatic carbocycles. The van der Waals surface area contributed by atoms with Crippen molar-refractivity contribution < 1.29 is 4.79 Å². The van der Waals surface area contributed by atoms with E-state index in [4.69, 9.17) is 5.73 Å². The zero-order valence-corrected chi connectivity index (χ0v) is 11.4. The van der Waals surface area contributed by atoms with Crippen LogP contribution >= 0.6 is 0 Å². The van der Waals surface area contributed by atoms with Gasteiger partial charge in [0.25, 0.3) is 0 Å². The highest BCUT2D eigenvalue weighted by Gasteiger charge is 2.38. The van der Waals surface area contributed by atoms with E-state index in [-0.39, 0.29) is 6.04 Å². The van der Waals surface area contributed by atoms with E-state index in [2.05, 4.69) is 4.90 Å². The van der Waals surface area contributed by atoms with Crippen molar-refractivity contribution in [2.45, 2.75) is 63.8 Å². The Morgan fingerprint density at radius 2 is 1.78 bits per heavy atom. The van der Waals surface area contributed by atoms with Crippen LogP contribution in [-0.4, -0.2) is 29.9 Å². The summed E-state index contributed by atoms with van der Waals surface area (Å²) >= 11 is 0. The number of rotatable bonds is 3. The van der Waals surface area contributed by atoms with Gasteiger partial charge in [-0.15, -0.1) is 0 Å². The van der Waals surface area contributed by atoms with Crippen molar-refractivity contribution >= 4 is 5.91 Å². The van der Waals surface area contributed by atoms with E-state index in [1.165, 1.54) is 51.4 Å². The van der Waals surface area contributed by atoms with E-state index in [1.807, 2.05) is 0 Å². The number of carbonyl (C=O) groups is 1. The summed E-state index contributed by atoms with van der Waals surface area (Å²) < 4.78 is 0. The molecule has 3 rings (SSSR count). The van der Waals surface area contributed by atoms with Crippen LogP contribution in [0.1, 0.15) is 57.8 Å². The summed E-state index contributed by atoms with van der Waals surface area (Å²) in [5, 5.41) is 0. The third-order valence-electron chi connectivity index (χ3n) is 5.48. The number of hydrogen-bond acceptors (Lipinski definition) is 2. The molecule has 1 aliphatic heterocycles. The standard InChI is InChI=1S/C15H26N2O/c16-13(12-3-4-12)11-14(18)17-9-7-15(8-10-17)5-1-2-6-15/h12-13H,1-11,16H2. The Labute approximate surface area is 110 Å². The summed E-state index contributed by atoms with van der Waals surface area (Å²) in [6.07, 6.45) is 11.1. The monoisotopic (exact) mass is 250 g/mol. The molecule has 2 N–H and O–H groups in total. The minimum Gasteiger partial charge on any atom is -0.343 e. The van der Waals surface area contributed by atoms with Crippen LogP contribution < -0.4 is 5.73 Å². The quantitative estimate of drug-likeness (QED) is 0.835. The van der Waals surface area contributed by atoms with Gasteiger partial charge in [-0.1, -0.05) is 12.8 Å². The fraction of sp³-hybridized carbons (Fsp3) is 0.933. The van der Waals surface area contributed by atoms with Gasteiger partial charge in [0.1, 0.15) is 0 Å². The third kappa shape index (κ3) is 2.56. The molecule has 1 heterocycles. The number of hydrogen-bond donors (Lipinski definition) is 1. The Bertz CT molecular complexity index is 308. The maximum Gasteiger partial charge on any atom is 0.224 e. The zero-order valence-electron chi connectivity index (χ0n) is 11.4. The molecule has 102 valence electrons. The van der Waals surface area contributed by atoms with Crippen LogP contribution in [0.15, 0.2) is 0 Å². The summed E-state index contributed by atoms with van der Waals surface area (Å²) in [6, 6.07) is 0.125. The lowest BCUT2D eigenvalue weighted by Crippen LogP contribution is -2.44. The Morgan fingerprint density at radius 1 is 1.17 bits per heavy atom. The predicted octanol–water partition coefficient (Wildman–Crippen LogP) is 2.30. The van der Waals surface area contributed by atoms with Crippen LogP contribution in [0, 0.1) is 11.3 Å². The van der Waals surface area contributed by atoms with E-state index >= 15 is 0 Å². The maximum absolute atomic E-state index is 12.2. The average Bonchev–Trinajstić information content (AvgIpc) is 3.13. The summed E-state index contributed by atoms with van der Waals surface area (Å²) in [5.41, 5.74) is 6.66. The van der Waals surface area contributed by atoms with Crippen LogP contribution in [0.5, 0.6) is 0 Å². The number of nitrogens with two attached hydrogens (primary N) is 1. The van der Waals surface area contributed by atoms with Crippen molar-refractivity contribution in [3.8, 4) is 0 Å². The van der Waals surface area contributed by atoms with E-state index in [0.717, 1.165) is 13.1 Å². The van der Waals surface area contributed by atoms with Crippen LogP contribution in [-0.2, 0) is 4.79 Å². The highest BCUT2D eigenvalue weighted by molar-refractivity contribution is 5.77. The molecule has 1 unspecified atom stereocenters. The highest BCUT2D eigenvalue weighted by Crippen LogP contribution is 2.46. The zero-order chi connectivity index (χ0) is 12.6. The Hall–Kier alpha value is -0.570. The molecule has 0 aromatic heterocycles. The fourth-order valence-corrected chi connectivity index (χ4v) is 3.88. The van der Waals surface area contributed by atoms with Crippen molar-refractivity contribution in [2.24, 2.45) is 17.1 Å². The fourth-order valence-electron chi connectivity index (χ4n) is 3.88. The normalized spacial score (nSPS) is 28.6. The number of piperidine rings is 1. The molecule has 0 aromatic carbocycles. The lowest BCUT2D eigenvalue weighted by atomic mass is 9.77. The second kappa shape index (κ2) is 4.84. The third-order valence-corrected chi connectivity index (χ3v) is 5.48. The second-order valence-corrected chi connectivity index (χ2v) is 6.79. The molecule has 1 spiro atoms. The Kier molecular flexibility index (Phi) is 3.35. The van der Waals surface area contributed by atoms with Gasteiger partial charge in [0.2, 0.25) is 5.91 Å². The number of amides is 1. The summed E-state index contributed by atoms with van der Waals surface area (Å²) in [5.74, 6) is 0.946. The maximum atomic E-state index is 12.2. The molecular formula is C15H26N2O. The molecule has 3 aliphatic rings. The summed E-state index contributed by atoms with van der Waals surface area (Å²) in [4.78, 5) is 14.3. The molecule has 3 heteroatoms. The van der Waals surface area contributed by atoms with Crippen molar-refractivity contribution in [3.05, 3.63) is 0 Å².